The molecule has 4 aromatic rings. The van der Waals surface area contributed by atoms with E-state index in [4.69, 9.17) is 0 Å². The number of hydrogen-bond donors (Lipinski definition) is 0. The van der Waals surface area contributed by atoms with Crippen molar-refractivity contribution in [2.45, 2.75) is 19.4 Å². The van der Waals surface area contributed by atoms with Crippen LogP contribution in [0.3, 0.4) is 0 Å². The molecule has 1 aromatic carbocycles. The van der Waals surface area contributed by atoms with Gasteiger partial charge < -0.3 is 4.90 Å². The molecule has 0 unspecified atom stereocenters. The molecular weight excluding hydrogens is 334 g/mol. The maximum Gasteiger partial charge on any atom is 0.272 e. The first kappa shape index (κ1) is 14.7. The number of aryl methyl sites for hydroxylation is 2. The monoisotopic (exact) mass is 351 g/mol. The number of thiophene rings is 1. The van der Waals surface area contributed by atoms with Crippen molar-refractivity contribution in [1.82, 2.24) is 19.2 Å². The number of anilines is 1. The average molecular weight is 351 g/mol. The summed E-state index contributed by atoms with van der Waals surface area (Å²) in [6, 6.07) is 10.5. The normalized spacial score (nSPS) is 14.4. The second kappa shape index (κ2) is 5.42. The van der Waals surface area contributed by atoms with Crippen molar-refractivity contribution in [2.75, 3.05) is 11.4 Å². The van der Waals surface area contributed by atoms with E-state index in [1.165, 1.54) is 22.6 Å². The lowest BCUT2D eigenvalue weighted by Gasteiger charge is -2.30. The Kier molecular flexibility index (Phi) is 3.18. The third-order valence-corrected chi connectivity index (χ3v) is 5.83. The minimum atomic E-state index is -0.0141. The van der Waals surface area contributed by atoms with Gasteiger partial charge in [-0.2, -0.15) is 0 Å². The van der Waals surface area contributed by atoms with Crippen molar-refractivity contribution in [3.63, 3.8) is 0 Å². The molecule has 0 atom stereocenters. The van der Waals surface area contributed by atoms with Crippen LogP contribution in [0.4, 0.5) is 5.69 Å². The van der Waals surface area contributed by atoms with Gasteiger partial charge in [0.2, 0.25) is 5.78 Å². The summed E-state index contributed by atoms with van der Waals surface area (Å²) in [5.41, 5.74) is 3.54. The Morgan fingerprint density at radius 2 is 2.08 bits per heavy atom. The Morgan fingerprint density at radius 3 is 3.00 bits per heavy atom. The molecule has 0 N–H and O–H groups in total. The Hall–Kier alpha value is -2.67. The van der Waals surface area contributed by atoms with Gasteiger partial charge in [0.1, 0.15) is 4.70 Å². The minimum Gasteiger partial charge on any atom is -0.364 e. The predicted molar refractivity (Wildman–Crippen MR) is 99.4 cm³/mol. The fourth-order valence-electron chi connectivity index (χ4n) is 3.70. The summed E-state index contributed by atoms with van der Waals surface area (Å²) in [6.07, 6.45) is 2.26. The molecule has 7 heteroatoms. The second-order valence-corrected chi connectivity index (χ2v) is 7.32. The first-order chi connectivity index (χ1) is 12.2. The van der Waals surface area contributed by atoms with Gasteiger partial charge in [-0.1, -0.05) is 18.2 Å². The molecule has 0 radical (unpaired) electrons. The van der Waals surface area contributed by atoms with E-state index < -0.39 is 0 Å². The SMILES string of the molecule is Cn1c(=O)c2sccc2n2c(CN3CCCc4ccccc43)nnc12. The lowest BCUT2D eigenvalue weighted by atomic mass is 10.0. The van der Waals surface area contributed by atoms with Crippen LogP contribution in [0.2, 0.25) is 0 Å². The zero-order chi connectivity index (χ0) is 17.0. The largest absolute Gasteiger partial charge is 0.364 e. The summed E-state index contributed by atoms with van der Waals surface area (Å²) < 4.78 is 4.35. The molecule has 0 saturated carbocycles. The van der Waals surface area contributed by atoms with Crippen LogP contribution in [-0.2, 0) is 20.0 Å². The number of nitrogens with zero attached hydrogens (tertiary/aromatic N) is 5. The molecule has 0 fully saturated rings. The summed E-state index contributed by atoms with van der Waals surface area (Å²) in [7, 11) is 1.76. The Bertz CT molecular complexity index is 1160. The van der Waals surface area contributed by atoms with Gasteiger partial charge in [0.15, 0.2) is 5.82 Å². The standard InChI is InChI=1S/C18H17N5OS/c1-21-17(24)16-14(8-10-25-16)23-15(19-20-18(21)23)11-22-9-4-6-12-5-2-3-7-13(12)22/h2-3,5,7-8,10H,4,6,9,11H2,1H3. The number of aromatic nitrogens is 4. The van der Waals surface area contributed by atoms with E-state index in [0.29, 0.717) is 12.3 Å². The third kappa shape index (κ3) is 2.12. The summed E-state index contributed by atoms with van der Waals surface area (Å²) in [6.45, 7) is 1.69. The number of hydrogen-bond acceptors (Lipinski definition) is 5. The van der Waals surface area contributed by atoms with Crippen LogP contribution in [0.15, 0.2) is 40.5 Å². The maximum absolute atomic E-state index is 12.4. The molecule has 0 bridgehead atoms. The minimum absolute atomic E-state index is 0.0141. The van der Waals surface area contributed by atoms with E-state index in [9.17, 15) is 4.79 Å². The van der Waals surface area contributed by atoms with Gasteiger partial charge in [0.05, 0.1) is 12.1 Å². The van der Waals surface area contributed by atoms with Crippen molar-refractivity contribution in [1.29, 1.82) is 0 Å². The molecular formula is C18H17N5OS. The zero-order valence-electron chi connectivity index (χ0n) is 13.8. The Morgan fingerprint density at radius 1 is 1.20 bits per heavy atom. The van der Waals surface area contributed by atoms with Crippen LogP contribution in [0.25, 0.3) is 16.0 Å². The quantitative estimate of drug-likeness (QED) is 0.557. The third-order valence-electron chi connectivity index (χ3n) is 4.94. The van der Waals surface area contributed by atoms with E-state index in [2.05, 4.69) is 39.4 Å². The van der Waals surface area contributed by atoms with Gasteiger partial charge in [0.25, 0.3) is 5.56 Å². The smallest absolute Gasteiger partial charge is 0.272 e. The predicted octanol–water partition coefficient (Wildman–Crippen LogP) is 2.60. The van der Waals surface area contributed by atoms with Crippen molar-refractivity contribution >= 4 is 33.0 Å². The molecule has 3 aromatic heterocycles. The van der Waals surface area contributed by atoms with E-state index in [0.717, 1.165) is 35.4 Å². The van der Waals surface area contributed by atoms with Crippen LogP contribution in [0.1, 0.15) is 17.8 Å². The van der Waals surface area contributed by atoms with E-state index in [1.807, 2.05) is 15.8 Å². The summed E-state index contributed by atoms with van der Waals surface area (Å²) in [4.78, 5) is 14.8. The van der Waals surface area contributed by atoms with Crippen LogP contribution >= 0.6 is 11.3 Å². The summed E-state index contributed by atoms with van der Waals surface area (Å²) in [5, 5.41) is 10.6. The van der Waals surface area contributed by atoms with Gasteiger partial charge in [-0.05, 0) is 35.9 Å². The highest BCUT2D eigenvalue weighted by atomic mass is 32.1. The van der Waals surface area contributed by atoms with E-state index >= 15 is 0 Å². The molecule has 0 amide bonds. The van der Waals surface area contributed by atoms with Crippen molar-refractivity contribution in [2.24, 2.45) is 7.05 Å². The first-order valence-electron chi connectivity index (χ1n) is 8.37. The molecule has 25 heavy (non-hydrogen) atoms. The molecule has 1 aliphatic rings. The summed E-state index contributed by atoms with van der Waals surface area (Å²) >= 11 is 1.47. The van der Waals surface area contributed by atoms with E-state index in [1.54, 1.807) is 11.6 Å². The molecule has 0 saturated heterocycles. The molecule has 6 nitrogen and oxygen atoms in total. The van der Waals surface area contributed by atoms with Gasteiger partial charge in [-0.25, -0.2) is 0 Å². The van der Waals surface area contributed by atoms with Crippen molar-refractivity contribution in [3.8, 4) is 0 Å². The lowest BCUT2D eigenvalue weighted by molar-refractivity contribution is 0.671. The second-order valence-electron chi connectivity index (χ2n) is 6.40. The van der Waals surface area contributed by atoms with Gasteiger partial charge >= 0.3 is 0 Å². The summed E-state index contributed by atoms with van der Waals surface area (Å²) in [5.74, 6) is 1.46. The molecule has 0 spiro atoms. The van der Waals surface area contributed by atoms with Crippen LogP contribution < -0.4 is 10.5 Å². The zero-order valence-corrected chi connectivity index (χ0v) is 14.7. The van der Waals surface area contributed by atoms with Gasteiger partial charge in [-0.15, -0.1) is 21.5 Å². The first-order valence-corrected chi connectivity index (χ1v) is 9.25. The number of benzene rings is 1. The molecule has 1 aliphatic heterocycles. The number of fused-ring (bicyclic) bond motifs is 4. The highest BCUT2D eigenvalue weighted by Gasteiger charge is 2.21. The van der Waals surface area contributed by atoms with Gasteiger partial charge in [0, 0.05) is 19.3 Å². The fraction of sp³-hybridized carbons (Fsp3) is 0.278. The highest BCUT2D eigenvalue weighted by Crippen LogP contribution is 2.28. The number of rotatable bonds is 2. The highest BCUT2D eigenvalue weighted by molar-refractivity contribution is 7.17. The maximum atomic E-state index is 12.4. The Labute approximate surface area is 148 Å². The molecule has 126 valence electrons. The molecule has 4 heterocycles. The lowest BCUT2D eigenvalue weighted by Crippen LogP contribution is -2.30. The van der Waals surface area contributed by atoms with E-state index in [-0.39, 0.29) is 5.56 Å². The Balaban J connectivity index is 1.67. The molecule has 5 rings (SSSR count). The van der Waals surface area contributed by atoms with Crippen LogP contribution in [0.5, 0.6) is 0 Å². The average Bonchev–Trinajstić information content (AvgIpc) is 3.27. The fourth-order valence-corrected chi connectivity index (χ4v) is 4.55. The van der Waals surface area contributed by atoms with Crippen LogP contribution in [0, 0.1) is 0 Å². The molecule has 0 aliphatic carbocycles. The van der Waals surface area contributed by atoms with Crippen molar-refractivity contribution < 1.29 is 0 Å². The van der Waals surface area contributed by atoms with Crippen molar-refractivity contribution in [3.05, 3.63) is 57.5 Å². The number of para-hydroxylation sites is 1. The van der Waals surface area contributed by atoms with Crippen LogP contribution in [-0.4, -0.2) is 25.7 Å². The van der Waals surface area contributed by atoms with Gasteiger partial charge in [-0.3, -0.25) is 13.8 Å². The topological polar surface area (TPSA) is 55.4 Å².